The van der Waals surface area contributed by atoms with E-state index in [4.69, 9.17) is 10.5 Å². The van der Waals surface area contributed by atoms with Crippen LogP contribution in [0.2, 0.25) is 0 Å². The molecule has 1 heterocycles. The highest BCUT2D eigenvalue weighted by atomic mass is 35.5. The fraction of sp³-hybridized carbons (Fsp3) is 0.538. The van der Waals surface area contributed by atoms with E-state index in [1.807, 2.05) is 0 Å². The van der Waals surface area contributed by atoms with Crippen LogP contribution in [0.4, 0.5) is 4.39 Å². The summed E-state index contributed by atoms with van der Waals surface area (Å²) >= 11 is 0. The van der Waals surface area contributed by atoms with Crippen LogP contribution < -0.4 is 10.5 Å². The molecule has 0 bridgehead atoms. The van der Waals surface area contributed by atoms with Gasteiger partial charge in [0.05, 0.1) is 0 Å². The summed E-state index contributed by atoms with van der Waals surface area (Å²) in [5.74, 6) is 0.481. The van der Waals surface area contributed by atoms with Crippen molar-refractivity contribution >= 4 is 12.4 Å². The molecular weight excluding hydrogens is 255 g/mol. The number of halogens is 2. The van der Waals surface area contributed by atoms with Gasteiger partial charge in [0, 0.05) is 19.1 Å². The smallest absolute Gasteiger partial charge is 0.123 e. The number of likely N-dealkylation sites (tertiary alicyclic amines) is 1. The van der Waals surface area contributed by atoms with E-state index in [1.54, 1.807) is 12.1 Å². The highest BCUT2D eigenvalue weighted by Gasteiger charge is 2.22. The number of rotatable bonds is 5. The van der Waals surface area contributed by atoms with Crippen molar-refractivity contribution in [1.82, 2.24) is 4.90 Å². The third-order valence-corrected chi connectivity index (χ3v) is 3.23. The lowest BCUT2D eigenvalue weighted by Gasteiger charge is -2.22. The number of hydrogen-bond acceptors (Lipinski definition) is 3. The van der Waals surface area contributed by atoms with Crippen molar-refractivity contribution in [3.63, 3.8) is 0 Å². The molecule has 0 amide bonds. The average Bonchev–Trinajstić information content (AvgIpc) is 2.79. The molecule has 1 aromatic rings. The summed E-state index contributed by atoms with van der Waals surface area (Å²) in [4.78, 5) is 2.36. The third kappa shape index (κ3) is 4.12. The summed E-state index contributed by atoms with van der Waals surface area (Å²) < 4.78 is 18.2. The van der Waals surface area contributed by atoms with Crippen LogP contribution in [0, 0.1) is 5.82 Å². The van der Waals surface area contributed by atoms with Gasteiger partial charge in [-0.3, -0.25) is 4.90 Å². The lowest BCUT2D eigenvalue weighted by molar-refractivity contribution is 0.199. The molecule has 0 aromatic heterocycles. The van der Waals surface area contributed by atoms with Crippen molar-refractivity contribution in [3.8, 4) is 5.75 Å². The van der Waals surface area contributed by atoms with Crippen LogP contribution >= 0.6 is 12.4 Å². The van der Waals surface area contributed by atoms with Gasteiger partial charge in [-0.1, -0.05) is 0 Å². The second-order valence-corrected chi connectivity index (χ2v) is 4.37. The molecule has 5 heteroatoms. The van der Waals surface area contributed by atoms with Crippen molar-refractivity contribution in [2.45, 2.75) is 18.9 Å². The molecule has 102 valence electrons. The lowest BCUT2D eigenvalue weighted by atomic mass is 10.2. The van der Waals surface area contributed by atoms with Crippen molar-refractivity contribution in [3.05, 3.63) is 30.1 Å². The lowest BCUT2D eigenvalue weighted by Crippen LogP contribution is -2.37. The average molecular weight is 275 g/mol. The van der Waals surface area contributed by atoms with E-state index in [-0.39, 0.29) is 18.2 Å². The van der Waals surface area contributed by atoms with Crippen molar-refractivity contribution in [1.29, 1.82) is 0 Å². The Morgan fingerprint density at radius 3 is 2.72 bits per heavy atom. The molecule has 2 rings (SSSR count). The normalized spacial score (nSPS) is 19.6. The molecule has 1 aromatic carbocycles. The summed E-state index contributed by atoms with van der Waals surface area (Å²) in [5, 5.41) is 0. The summed E-state index contributed by atoms with van der Waals surface area (Å²) in [7, 11) is 0. The monoisotopic (exact) mass is 274 g/mol. The van der Waals surface area contributed by atoms with E-state index in [0.717, 1.165) is 25.4 Å². The van der Waals surface area contributed by atoms with Crippen LogP contribution in [-0.2, 0) is 0 Å². The van der Waals surface area contributed by atoms with Crippen LogP contribution in [0.3, 0.4) is 0 Å². The Bertz CT molecular complexity index is 347. The molecular formula is C13H20ClFN2O. The van der Waals surface area contributed by atoms with Crippen LogP contribution in [0.15, 0.2) is 24.3 Å². The Morgan fingerprint density at radius 2 is 2.06 bits per heavy atom. The maximum Gasteiger partial charge on any atom is 0.123 e. The molecule has 0 aliphatic carbocycles. The summed E-state index contributed by atoms with van der Waals surface area (Å²) in [6.45, 7) is 3.34. The van der Waals surface area contributed by atoms with E-state index < -0.39 is 0 Å². The SMILES string of the molecule is Cl.NCC1CCCN1CCOc1ccc(F)cc1. The van der Waals surface area contributed by atoms with Crippen LogP contribution in [0.5, 0.6) is 5.75 Å². The van der Waals surface area contributed by atoms with Crippen molar-refractivity contribution in [2.75, 3.05) is 26.2 Å². The largest absolute Gasteiger partial charge is 0.492 e. The molecule has 1 atom stereocenters. The number of ether oxygens (including phenoxy) is 1. The topological polar surface area (TPSA) is 38.5 Å². The highest BCUT2D eigenvalue weighted by Crippen LogP contribution is 2.16. The fourth-order valence-electron chi connectivity index (χ4n) is 2.27. The number of nitrogens with zero attached hydrogens (tertiary/aromatic N) is 1. The van der Waals surface area contributed by atoms with Gasteiger partial charge in [0.25, 0.3) is 0 Å². The van der Waals surface area contributed by atoms with E-state index >= 15 is 0 Å². The standard InChI is InChI=1S/C13H19FN2O.ClH/c14-11-3-5-13(6-4-11)17-9-8-16-7-1-2-12(16)10-15;/h3-6,12H,1-2,7-10,15H2;1H. The minimum atomic E-state index is -0.236. The van der Waals surface area contributed by atoms with E-state index in [0.29, 0.717) is 12.6 Å². The first-order chi connectivity index (χ1) is 8.29. The zero-order valence-electron chi connectivity index (χ0n) is 10.3. The second-order valence-electron chi connectivity index (χ2n) is 4.37. The van der Waals surface area contributed by atoms with Gasteiger partial charge in [0.2, 0.25) is 0 Å². The molecule has 0 spiro atoms. The van der Waals surface area contributed by atoms with Gasteiger partial charge < -0.3 is 10.5 Å². The van der Waals surface area contributed by atoms with E-state index in [1.165, 1.54) is 25.0 Å². The van der Waals surface area contributed by atoms with Crippen molar-refractivity contribution in [2.24, 2.45) is 5.73 Å². The van der Waals surface area contributed by atoms with E-state index in [2.05, 4.69) is 4.90 Å². The van der Waals surface area contributed by atoms with Crippen LogP contribution in [0.25, 0.3) is 0 Å². The first-order valence-corrected chi connectivity index (χ1v) is 6.12. The molecule has 1 unspecified atom stereocenters. The molecule has 1 fully saturated rings. The van der Waals surface area contributed by atoms with Gasteiger partial charge in [0.15, 0.2) is 0 Å². The summed E-state index contributed by atoms with van der Waals surface area (Å²) in [5.41, 5.74) is 5.70. The second kappa shape index (κ2) is 7.56. The highest BCUT2D eigenvalue weighted by molar-refractivity contribution is 5.85. The zero-order valence-corrected chi connectivity index (χ0v) is 11.2. The van der Waals surface area contributed by atoms with Gasteiger partial charge in [-0.05, 0) is 43.7 Å². The Balaban J connectivity index is 0.00000162. The molecule has 0 radical (unpaired) electrons. The Morgan fingerprint density at radius 1 is 1.33 bits per heavy atom. The van der Waals surface area contributed by atoms with Gasteiger partial charge >= 0.3 is 0 Å². The van der Waals surface area contributed by atoms with Crippen LogP contribution in [-0.4, -0.2) is 37.2 Å². The minimum Gasteiger partial charge on any atom is -0.492 e. The van der Waals surface area contributed by atoms with Crippen LogP contribution in [0.1, 0.15) is 12.8 Å². The molecule has 3 nitrogen and oxygen atoms in total. The number of hydrogen-bond donors (Lipinski definition) is 1. The minimum absolute atomic E-state index is 0. The summed E-state index contributed by atoms with van der Waals surface area (Å²) in [6, 6.07) is 6.63. The molecule has 2 N–H and O–H groups in total. The molecule has 1 aliphatic rings. The predicted molar refractivity (Wildman–Crippen MR) is 72.8 cm³/mol. The Labute approximate surface area is 114 Å². The molecule has 1 aliphatic heterocycles. The molecule has 18 heavy (non-hydrogen) atoms. The van der Waals surface area contributed by atoms with Crippen molar-refractivity contribution < 1.29 is 9.13 Å². The third-order valence-electron chi connectivity index (χ3n) is 3.23. The Kier molecular flexibility index (Phi) is 6.39. The first kappa shape index (κ1) is 15.2. The first-order valence-electron chi connectivity index (χ1n) is 6.12. The number of nitrogens with two attached hydrogens (primary N) is 1. The molecule has 0 saturated carbocycles. The van der Waals surface area contributed by atoms with Gasteiger partial charge in [-0.2, -0.15) is 0 Å². The van der Waals surface area contributed by atoms with E-state index in [9.17, 15) is 4.39 Å². The summed E-state index contributed by atoms with van der Waals surface area (Å²) in [6.07, 6.45) is 2.41. The van der Waals surface area contributed by atoms with Gasteiger partial charge in [0.1, 0.15) is 18.2 Å². The zero-order chi connectivity index (χ0) is 12.1. The predicted octanol–water partition coefficient (Wildman–Crippen LogP) is 2.05. The maximum absolute atomic E-state index is 12.7. The fourth-order valence-corrected chi connectivity index (χ4v) is 2.27. The molecule has 1 saturated heterocycles. The quantitative estimate of drug-likeness (QED) is 0.893. The maximum atomic E-state index is 12.7. The van der Waals surface area contributed by atoms with Gasteiger partial charge in [-0.25, -0.2) is 4.39 Å². The Hall–Kier alpha value is -0.840. The van der Waals surface area contributed by atoms with Gasteiger partial charge in [-0.15, -0.1) is 12.4 Å². The number of benzene rings is 1.